The van der Waals surface area contributed by atoms with Crippen molar-refractivity contribution >= 4 is 5.91 Å². The molecule has 9 heteroatoms. The van der Waals surface area contributed by atoms with Gasteiger partial charge in [-0.15, -0.1) is 0 Å². The molecular weight excluding hydrogens is 468 g/mol. The first kappa shape index (κ1) is 23.6. The number of carbonyl (C=O) groups excluding carboxylic acids is 1. The SMILES string of the molecule is CCC1/C=C/COc2c(ccc(F)c2F)C(c2ccccc2C)N2CN1C(=O)c1c(O)c(=O)ccn12. The largest absolute Gasteiger partial charge is 0.502 e. The number of ether oxygens (including phenoxy) is 1. The number of amides is 1. The Bertz CT molecular complexity index is 1440. The molecule has 2 aliphatic rings. The summed E-state index contributed by atoms with van der Waals surface area (Å²) < 4.78 is 36.7. The van der Waals surface area contributed by atoms with E-state index in [2.05, 4.69) is 0 Å². The van der Waals surface area contributed by atoms with Crippen molar-refractivity contribution in [2.75, 3.05) is 18.3 Å². The fraction of sp³-hybridized carbons (Fsp3) is 0.259. The van der Waals surface area contributed by atoms with Gasteiger partial charge in [0.1, 0.15) is 19.3 Å². The Kier molecular flexibility index (Phi) is 5.99. The van der Waals surface area contributed by atoms with Gasteiger partial charge < -0.3 is 14.7 Å². The Morgan fingerprint density at radius 2 is 1.86 bits per heavy atom. The molecule has 1 amide bonds. The highest BCUT2D eigenvalue weighted by molar-refractivity contribution is 5.96. The van der Waals surface area contributed by atoms with E-state index in [4.69, 9.17) is 4.74 Å². The fourth-order valence-electron chi connectivity index (χ4n) is 4.91. The molecule has 3 heterocycles. The summed E-state index contributed by atoms with van der Waals surface area (Å²) in [5.74, 6) is -3.57. The van der Waals surface area contributed by atoms with Gasteiger partial charge in [-0.2, -0.15) is 4.39 Å². The van der Waals surface area contributed by atoms with E-state index in [1.54, 1.807) is 22.1 Å². The Labute approximate surface area is 206 Å². The predicted molar refractivity (Wildman–Crippen MR) is 130 cm³/mol. The van der Waals surface area contributed by atoms with Crippen molar-refractivity contribution in [1.82, 2.24) is 9.58 Å². The maximum atomic E-state index is 15.2. The number of rotatable bonds is 2. The van der Waals surface area contributed by atoms with E-state index in [-0.39, 0.29) is 24.7 Å². The van der Waals surface area contributed by atoms with Crippen LogP contribution in [0.1, 0.15) is 46.6 Å². The van der Waals surface area contributed by atoms with Crippen molar-refractivity contribution in [2.24, 2.45) is 0 Å². The van der Waals surface area contributed by atoms with Gasteiger partial charge in [0, 0.05) is 17.8 Å². The van der Waals surface area contributed by atoms with Crippen LogP contribution in [0, 0.1) is 18.6 Å². The lowest BCUT2D eigenvalue weighted by molar-refractivity contribution is 0.0626. The van der Waals surface area contributed by atoms with Gasteiger partial charge >= 0.3 is 0 Å². The Morgan fingerprint density at radius 3 is 2.61 bits per heavy atom. The zero-order valence-electron chi connectivity index (χ0n) is 19.8. The van der Waals surface area contributed by atoms with E-state index in [1.165, 1.54) is 23.0 Å². The van der Waals surface area contributed by atoms with Crippen molar-refractivity contribution in [2.45, 2.75) is 32.4 Å². The highest BCUT2D eigenvalue weighted by atomic mass is 19.2. The van der Waals surface area contributed by atoms with Gasteiger partial charge in [-0.05, 0) is 42.7 Å². The first-order valence-corrected chi connectivity index (χ1v) is 11.7. The number of nitrogens with zero attached hydrogens (tertiary/aromatic N) is 3. The standard InChI is InChI=1S/C27H25F2N3O4/c1-3-17-8-6-14-36-26-19(10-11-20(28)22(26)29)23(18-9-5-4-7-16(18)2)32-15-30(17)27(35)24-25(34)21(33)12-13-31(24)32/h4-13,17,23,34H,3,14-15H2,1-2H3/b8-6+. The number of aryl methyl sites for hydroxylation is 1. The minimum atomic E-state index is -1.11. The van der Waals surface area contributed by atoms with E-state index in [1.807, 2.05) is 38.1 Å². The van der Waals surface area contributed by atoms with Gasteiger partial charge in [-0.3, -0.25) is 19.3 Å². The first-order valence-electron chi connectivity index (χ1n) is 11.7. The molecule has 7 nitrogen and oxygen atoms in total. The molecule has 1 aromatic heterocycles. The maximum Gasteiger partial charge on any atom is 0.278 e. The molecule has 2 aromatic carbocycles. The van der Waals surface area contributed by atoms with Crippen molar-refractivity contribution in [3.8, 4) is 11.5 Å². The third kappa shape index (κ3) is 3.71. The van der Waals surface area contributed by atoms with Crippen LogP contribution < -0.4 is 15.2 Å². The van der Waals surface area contributed by atoms with Crippen LogP contribution in [0.3, 0.4) is 0 Å². The summed E-state index contributed by atoms with van der Waals surface area (Å²) in [7, 11) is 0. The molecule has 186 valence electrons. The molecule has 0 radical (unpaired) electrons. The molecular formula is C27H25F2N3O4. The van der Waals surface area contributed by atoms with E-state index in [0.29, 0.717) is 12.0 Å². The lowest BCUT2D eigenvalue weighted by atomic mass is 9.93. The molecule has 0 fully saturated rings. The Hall–Kier alpha value is -4.14. The van der Waals surface area contributed by atoms with Gasteiger partial charge in [0.15, 0.2) is 23.0 Å². The second kappa shape index (κ2) is 9.14. The molecule has 36 heavy (non-hydrogen) atoms. The van der Waals surface area contributed by atoms with E-state index in [9.17, 15) is 19.1 Å². The summed E-state index contributed by atoms with van der Waals surface area (Å²) in [5, 5.41) is 12.4. The molecule has 2 unspecified atom stereocenters. The molecule has 5 rings (SSSR count). The van der Waals surface area contributed by atoms with Gasteiger partial charge in [0.05, 0.1) is 6.04 Å². The number of carbonyl (C=O) groups is 1. The third-order valence-corrected chi connectivity index (χ3v) is 6.75. The van der Waals surface area contributed by atoms with Crippen LogP contribution >= 0.6 is 0 Å². The minimum Gasteiger partial charge on any atom is -0.502 e. The third-order valence-electron chi connectivity index (χ3n) is 6.75. The fourth-order valence-corrected chi connectivity index (χ4v) is 4.91. The zero-order chi connectivity index (χ0) is 25.6. The topological polar surface area (TPSA) is 75.0 Å². The number of hydrogen-bond acceptors (Lipinski definition) is 5. The summed E-state index contributed by atoms with van der Waals surface area (Å²) in [6.07, 6.45) is 5.36. The monoisotopic (exact) mass is 493 g/mol. The van der Waals surface area contributed by atoms with E-state index >= 15 is 4.39 Å². The van der Waals surface area contributed by atoms with Gasteiger partial charge in [0.25, 0.3) is 5.91 Å². The normalized spacial score (nSPS) is 20.2. The van der Waals surface area contributed by atoms with Crippen LogP contribution in [0.25, 0.3) is 0 Å². The average Bonchev–Trinajstić information content (AvgIpc) is 2.89. The molecule has 2 aliphatic heterocycles. The quantitative estimate of drug-likeness (QED) is 0.546. The summed E-state index contributed by atoms with van der Waals surface area (Å²) in [6, 6.07) is 9.98. The number of halogens is 2. The number of aromatic nitrogens is 1. The zero-order valence-corrected chi connectivity index (χ0v) is 19.8. The van der Waals surface area contributed by atoms with Gasteiger partial charge in [-0.1, -0.05) is 37.3 Å². The molecule has 0 saturated heterocycles. The van der Waals surface area contributed by atoms with Crippen LogP contribution in [-0.4, -0.2) is 39.9 Å². The van der Waals surface area contributed by atoms with Crippen LogP contribution in [0.15, 0.2) is 65.6 Å². The second-order valence-corrected chi connectivity index (χ2v) is 8.83. The Balaban J connectivity index is 1.87. The summed E-state index contributed by atoms with van der Waals surface area (Å²) in [6.45, 7) is 3.81. The summed E-state index contributed by atoms with van der Waals surface area (Å²) >= 11 is 0. The van der Waals surface area contributed by atoms with Crippen molar-refractivity contribution in [3.05, 3.63) is 105 Å². The Morgan fingerprint density at radius 1 is 1.08 bits per heavy atom. The van der Waals surface area contributed by atoms with Crippen LogP contribution in [0.2, 0.25) is 0 Å². The van der Waals surface area contributed by atoms with E-state index < -0.39 is 40.8 Å². The maximum absolute atomic E-state index is 15.2. The van der Waals surface area contributed by atoms with Crippen LogP contribution in [-0.2, 0) is 0 Å². The van der Waals surface area contributed by atoms with Crippen molar-refractivity contribution in [1.29, 1.82) is 0 Å². The molecule has 0 aliphatic carbocycles. The van der Waals surface area contributed by atoms with E-state index in [0.717, 1.165) is 17.2 Å². The number of aromatic hydroxyl groups is 1. The lowest BCUT2D eigenvalue weighted by Crippen LogP contribution is -2.57. The highest BCUT2D eigenvalue weighted by Crippen LogP contribution is 2.40. The predicted octanol–water partition coefficient (Wildman–Crippen LogP) is 4.01. The minimum absolute atomic E-state index is 0.0392. The van der Waals surface area contributed by atoms with Crippen molar-refractivity contribution in [3.63, 3.8) is 0 Å². The number of benzene rings is 2. The lowest BCUT2D eigenvalue weighted by Gasteiger charge is -2.46. The van der Waals surface area contributed by atoms with Gasteiger partial charge in [-0.25, -0.2) is 4.39 Å². The van der Waals surface area contributed by atoms with Crippen LogP contribution in [0.5, 0.6) is 11.5 Å². The number of hydrogen-bond donors (Lipinski definition) is 1. The molecule has 0 spiro atoms. The molecule has 2 bridgehead atoms. The molecule has 1 N–H and O–H groups in total. The first-order chi connectivity index (χ1) is 17.3. The average molecular weight is 494 g/mol. The molecule has 3 aromatic rings. The van der Waals surface area contributed by atoms with Crippen molar-refractivity contribution < 1.29 is 23.4 Å². The summed E-state index contributed by atoms with van der Waals surface area (Å²) in [5.41, 5.74) is 1.09. The smallest absolute Gasteiger partial charge is 0.278 e. The van der Waals surface area contributed by atoms with Crippen LogP contribution in [0.4, 0.5) is 8.78 Å². The second-order valence-electron chi connectivity index (χ2n) is 8.83. The number of fused-ring (bicyclic) bond motifs is 5. The summed E-state index contributed by atoms with van der Waals surface area (Å²) in [4.78, 5) is 27.5. The number of pyridine rings is 1. The molecule has 2 atom stereocenters. The van der Waals surface area contributed by atoms with Gasteiger partial charge in [0.2, 0.25) is 11.2 Å². The highest BCUT2D eigenvalue weighted by Gasteiger charge is 2.40. The molecule has 0 saturated carbocycles.